The second-order valence-corrected chi connectivity index (χ2v) is 9.30. The smallest absolute Gasteiger partial charge is 0.338 e. The molecule has 7 heteroatoms. The van der Waals surface area contributed by atoms with Crippen LogP contribution in [0, 0.1) is 0 Å². The fourth-order valence-electron chi connectivity index (χ4n) is 4.32. The molecule has 36 heavy (non-hydrogen) atoms. The summed E-state index contributed by atoms with van der Waals surface area (Å²) in [6.45, 7) is 0.952. The Morgan fingerprint density at radius 2 is 1.78 bits per heavy atom. The molecular weight excluding hydrogens is 476 g/mol. The lowest BCUT2D eigenvalue weighted by molar-refractivity contribution is -0.185. The van der Waals surface area contributed by atoms with E-state index in [2.05, 4.69) is 4.98 Å². The summed E-state index contributed by atoms with van der Waals surface area (Å²) in [5, 5.41) is 0.705. The number of ether oxygens (including phenoxy) is 3. The number of hydrogen-bond acceptors (Lipinski definition) is 5. The van der Waals surface area contributed by atoms with Gasteiger partial charge in [-0.3, -0.25) is 0 Å². The van der Waals surface area contributed by atoms with Crippen molar-refractivity contribution in [3.8, 4) is 11.1 Å². The predicted molar refractivity (Wildman–Crippen MR) is 138 cm³/mol. The van der Waals surface area contributed by atoms with Crippen LogP contribution in [-0.4, -0.2) is 40.6 Å². The van der Waals surface area contributed by atoms with Gasteiger partial charge in [-0.05, 0) is 47.4 Å². The number of rotatable bonds is 9. The molecule has 0 saturated carbocycles. The number of carbonyl (C=O) groups is 1. The van der Waals surface area contributed by atoms with Crippen LogP contribution in [0.1, 0.15) is 22.3 Å². The molecule has 5 rings (SSSR count). The summed E-state index contributed by atoms with van der Waals surface area (Å²) in [6, 6.07) is 25.2. The first kappa shape index (κ1) is 24.3. The zero-order valence-electron chi connectivity index (χ0n) is 19.8. The van der Waals surface area contributed by atoms with Gasteiger partial charge in [-0.15, -0.1) is 0 Å². The fraction of sp³-hybridized carbons (Fsp3) is 0.241. The topological polar surface area (TPSA) is 62.6 Å². The maximum absolute atomic E-state index is 12.7. The molecule has 184 valence electrons. The number of aromatic nitrogens is 2. The van der Waals surface area contributed by atoms with Gasteiger partial charge in [0.2, 0.25) is 0 Å². The minimum atomic E-state index is -0.839. The normalized spacial score (nSPS) is 19.3. The minimum absolute atomic E-state index is 0.117. The third-order valence-corrected chi connectivity index (χ3v) is 6.48. The molecule has 1 saturated heterocycles. The fourth-order valence-corrected chi connectivity index (χ4v) is 4.44. The number of halogens is 1. The summed E-state index contributed by atoms with van der Waals surface area (Å²) in [5.74, 6) is -1.22. The Balaban J connectivity index is 1.19. The largest absolute Gasteiger partial charge is 0.459 e. The summed E-state index contributed by atoms with van der Waals surface area (Å²) in [6.07, 6.45) is 6.38. The van der Waals surface area contributed by atoms with Gasteiger partial charge in [0.1, 0.15) is 12.7 Å². The van der Waals surface area contributed by atoms with E-state index < -0.39 is 5.79 Å². The molecule has 6 nitrogen and oxygen atoms in total. The van der Waals surface area contributed by atoms with Crippen LogP contribution >= 0.6 is 11.6 Å². The van der Waals surface area contributed by atoms with E-state index in [0.717, 1.165) is 23.1 Å². The van der Waals surface area contributed by atoms with E-state index in [1.54, 1.807) is 24.7 Å². The maximum atomic E-state index is 12.7. The molecule has 1 aliphatic heterocycles. The van der Waals surface area contributed by atoms with E-state index in [0.29, 0.717) is 30.2 Å². The Morgan fingerprint density at radius 1 is 1.03 bits per heavy atom. The molecule has 2 unspecified atom stereocenters. The van der Waals surface area contributed by atoms with Gasteiger partial charge in [0.25, 0.3) is 0 Å². The highest BCUT2D eigenvalue weighted by atomic mass is 35.5. The van der Waals surface area contributed by atoms with Crippen LogP contribution < -0.4 is 0 Å². The zero-order chi connectivity index (χ0) is 24.8. The zero-order valence-corrected chi connectivity index (χ0v) is 20.5. The van der Waals surface area contributed by atoms with Gasteiger partial charge in [-0.25, -0.2) is 9.78 Å². The number of hydrogen-bond donors (Lipinski definition) is 0. The van der Waals surface area contributed by atoms with Crippen LogP contribution in [0.15, 0.2) is 97.6 Å². The van der Waals surface area contributed by atoms with E-state index in [1.165, 1.54) is 0 Å². The Bertz CT molecular complexity index is 1260. The third kappa shape index (κ3) is 6.02. The second kappa shape index (κ2) is 11.1. The van der Waals surface area contributed by atoms with Gasteiger partial charge in [-0.2, -0.15) is 0 Å². The van der Waals surface area contributed by atoms with Crippen LogP contribution in [0.2, 0.25) is 5.02 Å². The van der Waals surface area contributed by atoms with Crippen LogP contribution in [0.25, 0.3) is 11.1 Å². The maximum Gasteiger partial charge on any atom is 0.338 e. The van der Waals surface area contributed by atoms with Gasteiger partial charge >= 0.3 is 5.97 Å². The van der Waals surface area contributed by atoms with Crippen molar-refractivity contribution >= 4 is 17.6 Å². The van der Waals surface area contributed by atoms with E-state index in [9.17, 15) is 4.79 Å². The Kier molecular flexibility index (Phi) is 7.47. The SMILES string of the molecule is O=C(OCC1COC(CCc2ccc(Cl)cc2)(Cn2ccnc2)O1)c1ccc(-c2ccccc2)cc1. The van der Waals surface area contributed by atoms with Crippen molar-refractivity contribution in [2.45, 2.75) is 31.3 Å². The van der Waals surface area contributed by atoms with E-state index in [1.807, 2.05) is 77.5 Å². The molecule has 0 amide bonds. The van der Waals surface area contributed by atoms with Crippen LogP contribution in [0.3, 0.4) is 0 Å². The number of nitrogens with zero attached hydrogens (tertiary/aromatic N) is 2. The van der Waals surface area contributed by atoms with E-state index >= 15 is 0 Å². The Morgan fingerprint density at radius 3 is 2.50 bits per heavy atom. The summed E-state index contributed by atoms with van der Waals surface area (Å²) in [5.41, 5.74) is 3.79. The molecule has 0 N–H and O–H groups in total. The van der Waals surface area contributed by atoms with Gasteiger partial charge in [0.05, 0.1) is 25.0 Å². The van der Waals surface area contributed by atoms with Crippen molar-refractivity contribution in [2.75, 3.05) is 13.2 Å². The highest BCUT2D eigenvalue weighted by Gasteiger charge is 2.42. The van der Waals surface area contributed by atoms with Crippen molar-refractivity contribution in [1.29, 1.82) is 0 Å². The number of benzene rings is 3. The summed E-state index contributed by atoms with van der Waals surface area (Å²) in [4.78, 5) is 16.8. The van der Waals surface area contributed by atoms with Crippen molar-refractivity contribution < 1.29 is 19.0 Å². The van der Waals surface area contributed by atoms with Crippen molar-refractivity contribution in [3.63, 3.8) is 0 Å². The van der Waals surface area contributed by atoms with Crippen LogP contribution in [-0.2, 0) is 27.2 Å². The third-order valence-electron chi connectivity index (χ3n) is 6.23. The highest BCUT2D eigenvalue weighted by Crippen LogP contribution is 2.31. The lowest BCUT2D eigenvalue weighted by atomic mass is 10.0. The quantitative estimate of drug-likeness (QED) is 0.270. The highest BCUT2D eigenvalue weighted by molar-refractivity contribution is 6.30. The molecule has 0 radical (unpaired) electrons. The molecule has 2 heterocycles. The van der Waals surface area contributed by atoms with Gasteiger partial charge in [0, 0.05) is 23.8 Å². The van der Waals surface area contributed by atoms with Crippen molar-refractivity contribution in [2.24, 2.45) is 0 Å². The number of imidazole rings is 1. The standard InChI is InChI=1S/C29H27ClN2O4/c30-26-12-6-22(7-13-26)14-15-29(20-32-17-16-31-21-32)35-19-27(36-29)18-34-28(33)25-10-8-24(9-11-25)23-4-2-1-3-5-23/h1-13,16-17,21,27H,14-15,18-20H2. The number of aryl methyl sites for hydroxylation is 1. The van der Waals surface area contributed by atoms with Crippen LogP contribution in [0.5, 0.6) is 0 Å². The van der Waals surface area contributed by atoms with Gasteiger partial charge in [-0.1, -0.05) is 66.2 Å². The van der Waals surface area contributed by atoms with Crippen LogP contribution in [0.4, 0.5) is 0 Å². The number of carbonyl (C=O) groups excluding carboxylic acids is 1. The van der Waals surface area contributed by atoms with Gasteiger partial charge in [0.15, 0.2) is 5.79 Å². The van der Waals surface area contributed by atoms with E-state index in [-0.39, 0.29) is 18.7 Å². The summed E-state index contributed by atoms with van der Waals surface area (Å²) in [7, 11) is 0. The number of esters is 1. The summed E-state index contributed by atoms with van der Waals surface area (Å²) >= 11 is 6.02. The molecule has 0 spiro atoms. The molecule has 3 aromatic carbocycles. The predicted octanol–water partition coefficient (Wildman–Crippen LogP) is 5.81. The average Bonchev–Trinajstić information content (AvgIpc) is 3.58. The lowest BCUT2D eigenvalue weighted by Crippen LogP contribution is -2.37. The molecule has 0 aliphatic carbocycles. The van der Waals surface area contributed by atoms with E-state index in [4.69, 9.17) is 25.8 Å². The first-order valence-electron chi connectivity index (χ1n) is 11.9. The minimum Gasteiger partial charge on any atom is -0.459 e. The molecule has 1 fully saturated rings. The summed E-state index contributed by atoms with van der Waals surface area (Å²) < 4.78 is 20.1. The Hall–Kier alpha value is -3.45. The molecule has 0 bridgehead atoms. The molecular formula is C29H27ClN2O4. The molecule has 1 aromatic heterocycles. The molecule has 1 aliphatic rings. The van der Waals surface area contributed by atoms with Crippen molar-refractivity contribution in [3.05, 3.63) is 114 Å². The second-order valence-electron chi connectivity index (χ2n) is 8.86. The van der Waals surface area contributed by atoms with Crippen molar-refractivity contribution in [1.82, 2.24) is 9.55 Å². The average molecular weight is 503 g/mol. The lowest BCUT2D eigenvalue weighted by Gasteiger charge is -2.28. The van der Waals surface area contributed by atoms with Gasteiger partial charge < -0.3 is 18.8 Å². The molecule has 4 aromatic rings. The monoisotopic (exact) mass is 502 g/mol. The first-order chi connectivity index (χ1) is 17.6. The molecule has 2 atom stereocenters. The Labute approximate surface area is 215 Å². The first-order valence-corrected chi connectivity index (χ1v) is 12.3.